The van der Waals surface area contributed by atoms with E-state index < -0.39 is 0 Å². The summed E-state index contributed by atoms with van der Waals surface area (Å²) in [7, 11) is 1.64. The van der Waals surface area contributed by atoms with Gasteiger partial charge in [0.05, 0.1) is 25.5 Å². The van der Waals surface area contributed by atoms with Gasteiger partial charge in [0.25, 0.3) is 5.91 Å². The first-order chi connectivity index (χ1) is 13.2. The fourth-order valence-electron chi connectivity index (χ4n) is 3.54. The van der Waals surface area contributed by atoms with Crippen LogP contribution in [0, 0.1) is 0 Å². The highest BCUT2D eigenvalue weighted by Crippen LogP contribution is 2.39. The Balaban J connectivity index is 1.46. The highest BCUT2D eigenvalue weighted by molar-refractivity contribution is 5.95. The minimum Gasteiger partial charge on any atom is -0.495 e. The molecule has 0 unspecified atom stereocenters. The Bertz CT molecular complexity index is 790. The molecule has 1 saturated heterocycles. The maximum atomic E-state index is 12.9. The summed E-state index contributed by atoms with van der Waals surface area (Å²) in [6.07, 6.45) is 8.70. The molecule has 1 amide bonds. The second-order valence-electron chi connectivity index (χ2n) is 7.41. The summed E-state index contributed by atoms with van der Waals surface area (Å²) in [6, 6.07) is 5.57. The summed E-state index contributed by atoms with van der Waals surface area (Å²) in [5, 5.41) is 3.33. The van der Waals surface area contributed by atoms with Crippen molar-refractivity contribution in [3.8, 4) is 5.75 Å². The van der Waals surface area contributed by atoms with E-state index in [0.717, 1.165) is 43.3 Å². The van der Waals surface area contributed by atoms with Gasteiger partial charge < -0.3 is 19.4 Å². The van der Waals surface area contributed by atoms with Crippen molar-refractivity contribution in [1.82, 2.24) is 9.88 Å². The molecule has 1 aromatic heterocycles. The van der Waals surface area contributed by atoms with Crippen LogP contribution in [0.15, 0.2) is 28.8 Å². The van der Waals surface area contributed by atoms with E-state index in [1.54, 1.807) is 13.3 Å². The summed E-state index contributed by atoms with van der Waals surface area (Å²) >= 11 is 0. The Morgan fingerprint density at radius 2 is 2.04 bits per heavy atom. The number of hydrogen-bond donors (Lipinski definition) is 1. The SMILES string of the molecule is COc1ccc(C(=O)N2CCCCCC2)cc1NCc1cnc(C2CC2)o1. The number of benzene rings is 1. The first kappa shape index (κ1) is 17.9. The van der Waals surface area contributed by atoms with E-state index in [9.17, 15) is 4.79 Å². The van der Waals surface area contributed by atoms with Crippen molar-refractivity contribution >= 4 is 11.6 Å². The average molecular weight is 369 g/mol. The Kier molecular flexibility index (Phi) is 5.32. The molecule has 1 aliphatic heterocycles. The molecule has 2 aromatic rings. The molecule has 0 bridgehead atoms. The van der Waals surface area contributed by atoms with Crippen LogP contribution in [0.25, 0.3) is 0 Å². The molecule has 0 radical (unpaired) electrons. The average Bonchev–Trinajstić information content (AvgIpc) is 3.49. The largest absolute Gasteiger partial charge is 0.495 e. The van der Waals surface area contributed by atoms with Gasteiger partial charge in [-0.25, -0.2) is 4.98 Å². The number of aromatic nitrogens is 1. The van der Waals surface area contributed by atoms with Crippen LogP contribution in [-0.4, -0.2) is 36.0 Å². The van der Waals surface area contributed by atoms with Crippen LogP contribution < -0.4 is 10.1 Å². The van der Waals surface area contributed by atoms with E-state index in [0.29, 0.717) is 23.8 Å². The predicted molar refractivity (Wildman–Crippen MR) is 103 cm³/mol. The molecule has 1 aromatic carbocycles. The minimum absolute atomic E-state index is 0.0956. The molecule has 2 fully saturated rings. The van der Waals surface area contributed by atoms with Gasteiger partial charge in [-0.3, -0.25) is 4.79 Å². The summed E-state index contributed by atoms with van der Waals surface area (Å²) in [5.41, 5.74) is 1.49. The first-order valence-electron chi connectivity index (χ1n) is 9.90. The maximum Gasteiger partial charge on any atom is 0.253 e. The van der Waals surface area contributed by atoms with Gasteiger partial charge in [0.1, 0.15) is 11.5 Å². The third-order valence-corrected chi connectivity index (χ3v) is 5.29. The van der Waals surface area contributed by atoms with Gasteiger partial charge >= 0.3 is 0 Å². The van der Waals surface area contributed by atoms with E-state index in [4.69, 9.17) is 9.15 Å². The Morgan fingerprint density at radius 1 is 1.26 bits per heavy atom. The lowest BCUT2D eigenvalue weighted by atomic mass is 10.1. The van der Waals surface area contributed by atoms with Gasteiger partial charge in [0.15, 0.2) is 5.89 Å². The molecule has 1 aliphatic carbocycles. The lowest BCUT2D eigenvalue weighted by Crippen LogP contribution is -2.31. The smallest absolute Gasteiger partial charge is 0.253 e. The molecule has 6 nitrogen and oxygen atoms in total. The van der Waals surface area contributed by atoms with Crippen LogP contribution in [0.1, 0.15) is 66.5 Å². The van der Waals surface area contributed by atoms with Crippen molar-refractivity contribution in [2.75, 3.05) is 25.5 Å². The second-order valence-corrected chi connectivity index (χ2v) is 7.41. The molecule has 2 aliphatic rings. The van der Waals surface area contributed by atoms with Crippen molar-refractivity contribution in [2.24, 2.45) is 0 Å². The van der Waals surface area contributed by atoms with E-state index in [2.05, 4.69) is 10.3 Å². The molecular formula is C21H27N3O3. The zero-order valence-electron chi connectivity index (χ0n) is 15.9. The van der Waals surface area contributed by atoms with E-state index in [1.165, 1.54) is 25.7 Å². The molecule has 144 valence electrons. The van der Waals surface area contributed by atoms with Crippen LogP contribution in [-0.2, 0) is 6.54 Å². The number of carbonyl (C=O) groups excluding carboxylic acids is 1. The Morgan fingerprint density at radius 3 is 2.74 bits per heavy atom. The van der Waals surface area contributed by atoms with Crippen molar-refractivity contribution < 1.29 is 13.9 Å². The van der Waals surface area contributed by atoms with Crippen LogP contribution in [0.3, 0.4) is 0 Å². The number of methoxy groups -OCH3 is 1. The molecule has 1 N–H and O–H groups in total. The normalized spacial score (nSPS) is 17.4. The third-order valence-electron chi connectivity index (χ3n) is 5.29. The number of carbonyl (C=O) groups is 1. The molecule has 1 saturated carbocycles. The van der Waals surface area contributed by atoms with Crippen molar-refractivity contribution in [1.29, 1.82) is 0 Å². The second kappa shape index (κ2) is 8.03. The number of nitrogens with zero attached hydrogens (tertiary/aromatic N) is 2. The van der Waals surface area contributed by atoms with Crippen LogP contribution in [0.4, 0.5) is 5.69 Å². The molecule has 4 rings (SSSR count). The van der Waals surface area contributed by atoms with E-state index in [1.807, 2.05) is 23.1 Å². The number of hydrogen-bond acceptors (Lipinski definition) is 5. The number of rotatable bonds is 6. The van der Waals surface area contributed by atoms with Crippen molar-refractivity contribution in [2.45, 2.75) is 51.0 Å². The lowest BCUT2D eigenvalue weighted by molar-refractivity contribution is 0.0761. The number of ether oxygens (including phenoxy) is 1. The fourth-order valence-corrected chi connectivity index (χ4v) is 3.54. The third kappa shape index (κ3) is 4.26. The number of oxazole rings is 1. The topological polar surface area (TPSA) is 67.6 Å². The van der Waals surface area contributed by atoms with Gasteiger partial charge in [-0.2, -0.15) is 0 Å². The first-order valence-corrected chi connectivity index (χ1v) is 9.90. The van der Waals surface area contributed by atoms with Crippen molar-refractivity contribution in [3.63, 3.8) is 0 Å². The van der Waals surface area contributed by atoms with Crippen LogP contribution in [0.5, 0.6) is 5.75 Å². The van der Waals surface area contributed by atoms with E-state index >= 15 is 0 Å². The molecular weight excluding hydrogens is 342 g/mol. The Hall–Kier alpha value is -2.50. The predicted octanol–water partition coefficient (Wildman–Crippen LogP) is 4.19. The van der Waals surface area contributed by atoms with Gasteiger partial charge in [0, 0.05) is 24.6 Å². The summed E-state index contributed by atoms with van der Waals surface area (Å²) in [5.74, 6) is 2.94. The van der Waals surface area contributed by atoms with Gasteiger partial charge in [-0.05, 0) is 43.9 Å². The van der Waals surface area contributed by atoms with Gasteiger partial charge in [0.2, 0.25) is 0 Å². The van der Waals surface area contributed by atoms with Crippen LogP contribution >= 0.6 is 0 Å². The van der Waals surface area contributed by atoms with Crippen molar-refractivity contribution in [3.05, 3.63) is 41.6 Å². The summed E-state index contributed by atoms with van der Waals surface area (Å²) < 4.78 is 11.3. The van der Waals surface area contributed by atoms with Crippen LogP contribution in [0.2, 0.25) is 0 Å². The Labute approximate surface area is 159 Å². The summed E-state index contributed by atoms with van der Waals surface area (Å²) in [4.78, 5) is 19.2. The van der Waals surface area contributed by atoms with Gasteiger partial charge in [-0.1, -0.05) is 12.8 Å². The van der Waals surface area contributed by atoms with Gasteiger partial charge in [-0.15, -0.1) is 0 Å². The monoisotopic (exact) mass is 369 g/mol. The number of nitrogens with one attached hydrogen (secondary N) is 1. The zero-order valence-corrected chi connectivity index (χ0v) is 15.9. The summed E-state index contributed by atoms with van der Waals surface area (Å²) in [6.45, 7) is 2.20. The molecule has 6 heteroatoms. The highest BCUT2D eigenvalue weighted by Gasteiger charge is 2.28. The minimum atomic E-state index is 0.0956. The maximum absolute atomic E-state index is 12.9. The molecule has 0 spiro atoms. The highest BCUT2D eigenvalue weighted by atomic mass is 16.5. The standard InChI is InChI=1S/C21H27N3O3/c1-26-19-9-8-16(21(25)24-10-4-2-3-5-11-24)12-18(19)22-13-17-14-23-20(27-17)15-6-7-15/h8-9,12,14-15,22H,2-7,10-11,13H2,1H3. The number of amides is 1. The molecule has 2 heterocycles. The number of anilines is 1. The quantitative estimate of drug-likeness (QED) is 0.827. The molecule has 0 atom stereocenters. The molecule has 27 heavy (non-hydrogen) atoms. The fraction of sp³-hybridized carbons (Fsp3) is 0.524. The lowest BCUT2D eigenvalue weighted by Gasteiger charge is -2.21. The zero-order chi connectivity index (χ0) is 18.6. The van der Waals surface area contributed by atoms with E-state index in [-0.39, 0.29) is 5.91 Å². The number of likely N-dealkylation sites (tertiary alicyclic amines) is 1.